The fourth-order valence-corrected chi connectivity index (χ4v) is 4.11. The van der Waals surface area contributed by atoms with E-state index in [1.807, 2.05) is 6.07 Å². The molecule has 7 heteroatoms. The van der Waals surface area contributed by atoms with Crippen molar-refractivity contribution in [3.63, 3.8) is 0 Å². The average Bonchev–Trinajstić information content (AvgIpc) is 3.58. The first-order valence-electron chi connectivity index (χ1n) is 11.1. The van der Waals surface area contributed by atoms with E-state index in [1.165, 1.54) is 24.3 Å². The maximum Gasteiger partial charge on any atom is 0.418 e. The molecular formula is C27H25F4NO2. The highest BCUT2D eigenvalue weighted by Gasteiger charge is 2.35. The van der Waals surface area contributed by atoms with E-state index < -0.39 is 17.6 Å². The number of nitrogens with one attached hydrogen (secondary N) is 1. The Morgan fingerprint density at radius 3 is 2.35 bits per heavy atom. The molecule has 1 N–H and O–H groups in total. The first-order valence-corrected chi connectivity index (χ1v) is 11.1. The van der Waals surface area contributed by atoms with E-state index in [2.05, 4.69) is 5.32 Å². The largest absolute Gasteiger partial charge is 0.493 e. The predicted molar refractivity (Wildman–Crippen MR) is 123 cm³/mol. The summed E-state index contributed by atoms with van der Waals surface area (Å²) in [6.45, 7) is 3.75. The lowest BCUT2D eigenvalue weighted by molar-refractivity contribution is -0.136. The zero-order chi connectivity index (χ0) is 24.5. The van der Waals surface area contributed by atoms with E-state index in [9.17, 15) is 22.4 Å². The highest BCUT2D eigenvalue weighted by molar-refractivity contribution is 6.06. The van der Waals surface area contributed by atoms with Crippen LogP contribution in [-0.4, -0.2) is 12.5 Å². The third-order valence-electron chi connectivity index (χ3n) is 5.93. The maximum atomic E-state index is 13.5. The molecule has 1 saturated carbocycles. The topological polar surface area (TPSA) is 38.3 Å². The van der Waals surface area contributed by atoms with E-state index in [-0.39, 0.29) is 17.4 Å². The molecule has 0 aliphatic heterocycles. The molecule has 0 atom stereocenters. The molecule has 178 valence electrons. The average molecular weight is 471 g/mol. The molecule has 0 saturated heterocycles. The number of ether oxygens (including phenoxy) is 1. The summed E-state index contributed by atoms with van der Waals surface area (Å²) in [7, 11) is 0. The Hall–Kier alpha value is -3.35. The molecule has 4 rings (SSSR count). The maximum absolute atomic E-state index is 13.5. The zero-order valence-corrected chi connectivity index (χ0v) is 18.9. The SMILES string of the molecule is Cc1cc(OCCc2cccc(F)c2)cc(C)c1C(=O)Nc1cc(C2CC2)ccc1C(F)(F)F. The van der Waals surface area contributed by atoms with Crippen LogP contribution in [-0.2, 0) is 12.6 Å². The minimum Gasteiger partial charge on any atom is -0.493 e. The van der Waals surface area contributed by atoms with Gasteiger partial charge in [-0.2, -0.15) is 13.2 Å². The molecule has 0 unspecified atom stereocenters. The Morgan fingerprint density at radius 1 is 1.03 bits per heavy atom. The minimum absolute atomic E-state index is 0.226. The molecule has 1 aliphatic rings. The van der Waals surface area contributed by atoms with Crippen molar-refractivity contribution < 1.29 is 27.1 Å². The van der Waals surface area contributed by atoms with Crippen LogP contribution in [0.25, 0.3) is 0 Å². The molecule has 3 aromatic rings. The van der Waals surface area contributed by atoms with Gasteiger partial charge in [-0.05, 0) is 91.3 Å². The van der Waals surface area contributed by atoms with Gasteiger partial charge >= 0.3 is 6.18 Å². The normalized spacial score (nSPS) is 13.6. The molecule has 0 bridgehead atoms. The molecule has 0 radical (unpaired) electrons. The van der Waals surface area contributed by atoms with Gasteiger partial charge in [0.25, 0.3) is 5.91 Å². The van der Waals surface area contributed by atoms with E-state index in [4.69, 9.17) is 4.74 Å². The lowest BCUT2D eigenvalue weighted by Gasteiger charge is -2.17. The van der Waals surface area contributed by atoms with Crippen molar-refractivity contribution in [2.75, 3.05) is 11.9 Å². The Bertz CT molecular complexity index is 1190. The van der Waals surface area contributed by atoms with Crippen molar-refractivity contribution in [1.82, 2.24) is 0 Å². The lowest BCUT2D eigenvalue weighted by Crippen LogP contribution is -2.19. The van der Waals surface area contributed by atoms with Crippen LogP contribution in [0.3, 0.4) is 0 Å². The fraction of sp³-hybridized carbons (Fsp3) is 0.296. The summed E-state index contributed by atoms with van der Waals surface area (Å²) in [5.74, 6) is -0.115. The van der Waals surface area contributed by atoms with Gasteiger partial charge in [0, 0.05) is 12.0 Å². The van der Waals surface area contributed by atoms with Crippen LogP contribution in [0.5, 0.6) is 5.75 Å². The minimum atomic E-state index is -4.58. The molecule has 3 aromatic carbocycles. The van der Waals surface area contributed by atoms with Crippen molar-refractivity contribution in [2.24, 2.45) is 0 Å². The number of hydrogen-bond donors (Lipinski definition) is 1. The lowest BCUT2D eigenvalue weighted by atomic mass is 10.0. The second kappa shape index (κ2) is 9.49. The molecular weight excluding hydrogens is 446 g/mol. The molecule has 1 amide bonds. The summed E-state index contributed by atoms with van der Waals surface area (Å²) in [5.41, 5.74) is 2.00. The first kappa shape index (κ1) is 23.8. The van der Waals surface area contributed by atoms with Crippen LogP contribution < -0.4 is 10.1 Å². The number of benzene rings is 3. The fourth-order valence-electron chi connectivity index (χ4n) is 4.11. The number of carbonyl (C=O) groups excluding carboxylic acids is 1. The Labute approximate surface area is 195 Å². The Kier molecular flexibility index (Phi) is 6.64. The van der Waals surface area contributed by atoms with Gasteiger partial charge < -0.3 is 10.1 Å². The van der Waals surface area contributed by atoms with E-state index in [0.717, 1.165) is 30.0 Å². The summed E-state index contributed by atoms with van der Waals surface area (Å²) in [4.78, 5) is 13.0. The van der Waals surface area contributed by atoms with E-state index >= 15 is 0 Å². The third kappa shape index (κ3) is 5.58. The van der Waals surface area contributed by atoms with Gasteiger partial charge in [0.1, 0.15) is 11.6 Å². The van der Waals surface area contributed by atoms with Gasteiger partial charge in [0.15, 0.2) is 0 Å². The van der Waals surface area contributed by atoms with Crippen LogP contribution >= 0.6 is 0 Å². The number of halogens is 4. The van der Waals surface area contributed by atoms with Gasteiger partial charge in [0.05, 0.1) is 17.9 Å². The van der Waals surface area contributed by atoms with Crippen molar-refractivity contribution in [3.8, 4) is 5.75 Å². The Morgan fingerprint density at radius 2 is 1.74 bits per heavy atom. The van der Waals surface area contributed by atoms with Gasteiger partial charge in [-0.3, -0.25) is 4.79 Å². The van der Waals surface area contributed by atoms with Crippen LogP contribution in [0.4, 0.5) is 23.2 Å². The van der Waals surface area contributed by atoms with Crippen molar-refractivity contribution in [2.45, 2.75) is 45.2 Å². The highest BCUT2D eigenvalue weighted by Crippen LogP contribution is 2.43. The number of amides is 1. The van der Waals surface area contributed by atoms with Crippen molar-refractivity contribution >= 4 is 11.6 Å². The summed E-state index contributed by atoms with van der Waals surface area (Å²) < 4.78 is 59.7. The van der Waals surface area contributed by atoms with Crippen LogP contribution in [0.15, 0.2) is 54.6 Å². The first-order chi connectivity index (χ1) is 16.1. The van der Waals surface area contributed by atoms with Gasteiger partial charge in [-0.15, -0.1) is 0 Å². The second-order valence-electron chi connectivity index (χ2n) is 8.69. The number of hydrogen-bond acceptors (Lipinski definition) is 2. The van der Waals surface area contributed by atoms with E-state index in [1.54, 1.807) is 32.0 Å². The van der Waals surface area contributed by atoms with E-state index in [0.29, 0.717) is 35.5 Å². The van der Waals surface area contributed by atoms with Gasteiger partial charge in [-0.25, -0.2) is 4.39 Å². The summed E-state index contributed by atoms with van der Waals surface area (Å²) >= 11 is 0. The quantitative estimate of drug-likeness (QED) is 0.370. The molecule has 34 heavy (non-hydrogen) atoms. The monoisotopic (exact) mass is 471 g/mol. The molecule has 1 aliphatic carbocycles. The highest BCUT2D eigenvalue weighted by atomic mass is 19.4. The number of alkyl halides is 3. The summed E-state index contributed by atoms with van der Waals surface area (Å²) in [6, 6.07) is 13.6. The standard InChI is InChI=1S/C27H25F4NO2/c1-16-12-22(34-11-10-18-4-3-5-21(28)14-18)13-17(2)25(16)26(33)32-24-15-20(19-6-7-19)8-9-23(24)27(29,30)31/h3-5,8-9,12-15,19H,6-7,10-11H2,1-2H3,(H,32,33). The number of rotatable bonds is 7. The van der Waals surface area contributed by atoms with Crippen LogP contribution in [0, 0.1) is 19.7 Å². The van der Waals surface area contributed by atoms with Crippen molar-refractivity contribution in [1.29, 1.82) is 0 Å². The number of carbonyl (C=O) groups is 1. The van der Waals surface area contributed by atoms with Crippen molar-refractivity contribution in [3.05, 3.63) is 93.8 Å². The Balaban J connectivity index is 1.50. The van der Waals surface area contributed by atoms with Gasteiger partial charge in [-0.1, -0.05) is 18.2 Å². The zero-order valence-electron chi connectivity index (χ0n) is 18.9. The summed E-state index contributed by atoms with van der Waals surface area (Å²) in [6.07, 6.45) is -2.18. The second-order valence-corrected chi connectivity index (χ2v) is 8.69. The van der Waals surface area contributed by atoms with Crippen LogP contribution in [0.1, 0.15) is 56.9 Å². The third-order valence-corrected chi connectivity index (χ3v) is 5.93. The molecule has 3 nitrogen and oxygen atoms in total. The molecule has 0 spiro atoms. The number of aryl methyl sites for hydroxylation is 2. The molecule has 0 heterocycles. The van der Waals surface area contributed by atoms with Crippen LogP contribution in [0.2, 0.25) is 0 Å². The molecule has 1 fully saturated rings. The van der Waals surface area contributed by atoms with Gasteiger partial charge in [0.2, 0.25) is 0 Å². The smallest absolute Gasteiger partial charge is 0.418 e. The summed E-state index contributed by atoms with van der Waals surface area (Å²) in [5, 5.41) is 2.49. The number of anilines is 1. The predicted octanol–water partition coefficient (Wildman–Crippen LogP) is 7.21. The molecule has 0 aromatic heterocycles.